The van der Waals surface area contributed by atoms with Gasteiger partial charge in [0.15, 0.2) is 5.15 Å². The summed E-state index contributed by atoms with van der Waals surface area (Å²) in [6, 6.07) is 7.75. The van der Waals surface area contributed by atoms with Crippen molar-refractivity contribution in [3.8, 4) is 0 Å². The van der Waals surface area contributed by atoms with Gasteiger partial charge in [-0.1, -0.05) is 17.7 Å². The molecule has 0 bridgehead atoms. The average molecular weight is 356 g/mol. The number of nitrogens with zero attached hydrogens (tertiary/aromatic N) is 4. The van der Waals surface area contributed by atoms with Gasteiger partial charge in [-0.15, -0.1) is 0 Å². The number of carbonyl (C=O) groups excluding carboxylic acids is 1. The Morgan fingerprint density at radius 2 is 2.24 bits per heavy atom. The second-order valence-corrected chi connectivity index (χ2v) is 6.64. The van der Waals surface area contributed by atoms with Crippen molar-refractivity contribution in [2.24, 2.45) is 5.92 Å². The topological polar surface area (TPSA) is 64.2 Å². The molecule has 3 aromatic rings. The van der Waals surface area contributed by atoms with Crippen molar-refractivity contribution < 1.29 is 4.79 Å². The summed E-state index contributed by atoms with van der Waals surface area (Å²) >= 11 is 6.17. The Labute approximate surface area is 150 Å². The molecule has 0 aromatic carbocycles. The molecule has 0 saturated heterocycles. The van der Waals surface area contributed by atoms with Crippen molar-refractivity contribution in [2.45, 2.75) is 25.8 Å². The van der Waals surface area contributed by atoms with Gasteiger partial charge in [0.1, 0.15) is 11.5 Å². The summed E-state index contributed by atoms with van der Waals surface area (Å²) in [5, 5.41) is 7.59. The fourth-order valence-electron chi connectivity index (χ4n) is 2.97. The fraction of sp³-hybridized carbons (Fsp3) is 0.278. The highest BCUT2D eigenvalue weighted by Gasteiger charge is 2.30. The standard InChI is InChI=1S/C18H18ClN5O/c1-12(13-5-6-13)24-16(9-10-20-24)21-17(25)8-7-14-18(19)22-15-4-2-3-11-23(14)15/h2-4,7-13H,5-6H2,1H3,(H,21,25)/b8-7+. The van der Waals surface area contributed by atoms with Crippen LogP contribution in [0.3, 0.4) is 0 Å². The van der Waals surface area contributed by atoms with E-state index >= 15 is 0 Å². The number of hydrogen-bond acceptors (Lipinski definition) is 3. The molecule has 1 fully saturated rings. The summed E-state index contributed by atoms with van der Waals surface area (Å²) in [5.41, 5.74) is 1.41. The van der Waals surface area contributed by atoms with Crippen LogP contribution in [-0.2, 0) is 4.79 Å². The maximum Gasteiger partial charge on any atom is 0.249 e. The number of hydrogen-bond donors (Lipinski definition) is 1. The van der Waals surface area contributed by atoms with E-state index in [9.17, 15) is 4.79 Å². The lowest BCUT2D eigenvalue weighted by atomic mass is 10.2. The molecular weight excluding hydrogens is 338 g/mol. The highest BCUT2D eigenvalue weighted by Crippen LogP contribution is 2.40. The summed E-state index contributed by atoms with van der Waals surface area (Å²) in [6.45, 7) is 2.13. The number of carbonyl (C=O) groups is 1. The van der Waals surface area contributed by atoms with Gasteiger partial charge in [0.05, 0.1) is 17.9 Å². The van der Waals surface area contributed by atoms with Crippen molar-refractivity contribution in [1.82, 2.24) is 19.2 Å². The normalized spacial score (nSPS) is 15.8. The van der Waals surface area contributed by atoms with Gasteiger partial charge in [-0.05, 0) is 43.9 Å². The second-order valence-electron chi connectivity index (χ2n) is 6.28. The Bertz CT molecular complexity index is 953. The van der Waals surface area contributed by atoms with Crippen LogP contribution >= 0.6 is 11.6 Å². The van der Waals surface area contributed by atoms with Crippen LogP contribution in [0.2, 0.25) is 5.15 Å². The first-order valence-corrected chi connectivity index (χ1v) is 8.66. The van der Waals surface area contributed by atoms with Gasteiger partial charge >= 0.3 is 0 Å². The first-order valence-electron chi connectivity index (χ1n) is 8.28. The van der Waals surface area contributed by atoms with E-state index in [-0.39, 0.29) is 5.91 Å². The van der Waals surface area contributed by atoms with E-state index in [2.05, 4.69) is 22.3 Å². The van der Waals surface area contributed by atoms with Gasteiger partial charge in [-0.25, -0.2) is 9.67 Å². The molecule has 0 radical (unpaired) electrons. The molecule has 6 nitrogen and oxygen atoms in total. The number of amides is 1. The van der Waals surface area contributed by atoms with E-state index < -0.39 is 0 Å². The second kappa shape index (κ2) is 6.37. The smallest absolute Gasteiger partial charge is 0.249 e. The Hall–Kier alpha value is -2.60. The van der Waals surface area contributed by atoms with Gasteiger partial charge in [-0.2, -0.15) is 5.10 Å². The Morgan fingerprint density at radius 1 is 1.40 bits per heavy atom. The van der Waals surface area contributed by atoms with E-state index in [1.807, 2.05) is 39.5 Å². The molecule has 1 atom stereocenters. The van der Waals surface area contributed by atoms with E-state index in [0.29, 0.717) is 28.6 Å². The number of fused-ring (bicyclic) bond motifs is 1. The summed E-state index contributed by atoms with van der Waals surface area (Å²) in [4.78, 5) is 16.6. The van der Waals surface area contributed by atoms with Gasteiger partial charge in [-0.3, -0.25) is 9.20 Å². The minimum Gasteiger partial charge on any atom is -0.307 e. The molecule has 1 aliphatic carbocycles. The minimum absolute atomic E-state index is 0.230. The SMILES string of the molecule is CC(C1CC1)n1nccc1NC(=O)/C=C/c1c(Cl)nc2ccccn12. The number of aromatic nitrogens is 4. The summed E-state index contributed by atoms with van der Waals surface area (Å²) in [7, 11) is 0. The number of nitrogens with one attached hydrogen (secondary N) is 1. The molecule has 128 valence electrons. The lowest BCUT2D eigenvalue weighted by Gasteiger charge is -2.14. The first-order chi connectivity index (χ1) is 12.1. The van der Waals surface area contributed by atoms with Crippen LogP contribution in [-0.4, -0.2) is 25.1 Å². The maximum absolute atomic E-state index is 12.3. The van der Waals surface area contributed by atoms with Crippen LogP contribution in [0.1, 0.15) is 31.5 Å². The minimum atomic E-state index is -0.230. The predicted octanol–water partition coefficient (Wildman–Crippen LogP) is 3.81. The molecule has 4 rings (SSSR count). The van der Waals surface area contributed by atoms with Crippen LogP contribution in [0.25, 0.3) is 11.7 Å². The van der Waals surface area contributed by atoms with E-state index in [0.717, 1.165) is 5.65 Å². The molecule has 0 spiro atoms. The van der Waals surface area contributed by atoms with E-state index in [4.69, 9.17) is 11.6 Å². The van der Waals surface area contributed by atoms with Gasteiger partial charge in [0.2, 0.25) is 5.91 Å². The summed E-state index contributed by atoms with van der Waals surface area (Å²) in [6.07, 6.45) is 9.14. The van der Waals surface area contributed by atoms with Crippen molar-refractivity contribution in [3.63, 3.8) is 0 Å². The van der Waals surface area contributed by atoms with Gasteiger partial charge < -0.3 is 5.32 Å². The third-order valence-electron chi connectivity index (χ3n) is 4.53. The number of halogens is 1. The lowest BCUT2D eigenvalue weighted by Crippen LogP contribution is -2.16. The van der Waals surface area contributed by atoms with Gasteiger partial charge in [0.25, 0.3) is 0 Å². The summed E-state index contributed by atoms with van der Waals surface area (Å²) in [5.74, 6) is 1.13. The number of rotatable bonds is 5. The van der Waals surface area contributed by atoms with E-state index in [1.54, 1.807) is 12.3 Å². The van der Waals surface area contributed by atoms with Crippen LogP contribution in [0, 0.1) is 5.92 Å². The largest absolute Gasteiger partial charge is 0.307 e. The molecule has 25 heavy (non-hydrogen) atoms. The predicted molar refractivity (Wildman–Crippen MR) is 97.5 cm³/mol. The van der Waals surface area contributed by atoms with Crippen LogP contribution in [0.4, 0.5) is 5.82 Å². The maximum atomic E-state index is 12.3. The van der Waals surface area contributed by atoms with E-state index in [1.165, 1.54) is 18.9 Å². The highest BCUT2D eigenvalue weighted by atomic mass is 35.5. The molecule has 0 aliphatic heterocycles. The molecule has 1 amide bonds. The average Bonchev–Trinajstić information content (AvgIpc) is 3.27. The van der Waals surface area contributed by atoms with Crippen molar-refractivity contribution in [2.75, 3.05) is 5.32 Å². The lowest BCUT2D eigenvalue weighted by molar-refractivity contribution is -0.111. The Morgan fingerprint density at radius 3 is 3.04 bits per heavy atom. The monoisotopic (exact) mass is 355 g/mol. The molecule has 3 heterocycles. The van der Waals surface area contributed by atoms with Crippen LogP contribution in [0.15, 0.2) is 42.7 Å². The Balaban J connectivity index is 1.51. The third kappa shape index (κ3) is 3.17. The quantitative estimate of drug-likeness (QED) is 0.708. The highest BCUT2D eigenvalue weighted by molar-refractivity contribution is 6.31. The van der Waals surface area contributed by atoms with Crippen molar-refractivity contribution in [1.29, 1.82) is 0 Å². The molecule has 1 aliphatic rings. The molecular formula is C18H18ClN5O. The Kier molecular flexibility index (Phi) is 4.05. The molecule has 3 aromatic heterocycles. The fourth-order valence-corrected chi connectivity index (χ4v) is 3.21. The molecule has 7 heteroatoms. The van der Waals surface area contributed by atoms with Crippen LogP contribution in [0.5, 0.6) is 0 Å². The molecule has 1 N–H and O–H groups in total. The number of imidazole rings is 1. The molecule has 1 unspecified atom stereocenters. The van der Waals surface area contributed by atoms with Crippen molar-refractivity contribution >= 4 is 35.0 Å². The van der Waals surface area contributed by atoms with Gasteiger partial charge in [0, 0.05) is 18.3 Å². The molecule has 1 saturated carbocycles. The number of anilines is 1. The number of pyridine rings is 1. The zero-order valence-electron chi connectivity index (χ0n) is 13.8. The zero-order valence-corrected chi connectivity index (χ0v) is 14.5. The summed E-state index contributed by atoms with van der Waals surface area (Å²) < 4.78 is 3.72. The third-order valence-corrected chi connectivity index (χ3v) is 4.80. The first kappa shape index (κ1) is 15.9. The zero-order chi connectivity index (χ0) is 17.4. The van der Waals surface area contributed by atoms with Crippen LogP contribution < -0.4 is 5.32 Å². The van der Waals surface area contributed by atoms with Crippen molar-refractivity contribution in [3.05, 3.63) is 53.6 Å².